The SMILES string of the molecule is C[n+]1cccc2c1CN([C@H](CO)Cc1ccccc1)C2=O. The number of amides is 1. The van der Waals surface area contributed by atoms with Crippen molar-refractivity contribution in [2.75, 3.05) is 6.61 Å². The van der Waals surface area contributed by atoms with Crippen molar-refractivity contribution in [2.24, 2.45) is 7.05 Å². The lowest BCUT2D eigenvalue weighted by Crippen LogP contribution is -2.40. The van der Waals surface area contributed by atoms with E-state index in [4.69, 9.17) is 0 Å². The summed E-state index contributed by atoms with van der Waals surface area (Å²) in [6.45, 7) is 0.530. The molecular weight excluding hydrogens is 264 g/mol. The predicted molar refractivity (Wildman–Crippen MR) is 78.5 cm³/mol. The van der Waals surface area contributed by atoms with Gasteiger partial charge in [0.1, 0.15) is 19.2 Å². The van der Waals surface area contributed by atoms with E-state index in [0.29, 0.717) is 13.0 Å². The maximum atomic E-state index is 12.5. The number of carbonyl (C=O) groups is 1. The second-order valence-corrected chi connectivity index (χ2v) is 5.44. The highest BCUT2D eigenvalue weighted by Crippen LogP contribution is 2.23. The van der Waals surface area contributed by atoms with Gasteiger partial charge in [0.05, 0.1) is 12.6 Å². The Kier molecular flexibility index (Phi) is 3.71. The van der Waals surface area contributed by atoms with Crippen molar-refractivity contribution in [1.82, 2.24) is 4.90 Å². The van der Waals surface area contributed by atoms with Crippen molar-refractivity contribution in [3.63, 3.8) is 0 Å². The molecule has 1 aromatic heterocycles. The summed E-state index contributed by atoms with van der Waals surface area (Å²) in [7, 11) is 1.95. The lowest BCUT2D eigenvalue weighted by molar-refractivity contribution is -0.679. The fraction of sp³-hybridized carbons (Fsp3) is 0.294. The minimum absolute atomic E-state index is 0.0104. The molecule has 0 aliphatic carbocycles. The highest BCUT2D eigenvalue weighted by Gasteiger charge is 2.37. The Morgan fingerprint density at radius 2 is 2.00 bits per heavy atom. The lowest BCUT2D eigenvalue weighted by atomic mass is 10.1. The van der Waals surface area contributed by atoms with Crippen LogP contribution in [0.2, 0.25) is 0 Å². The zero-order chi connectivity index (χ0) is 14.8. The van der Waals surface area contributed by atoms with Crippen molar-refractivity contribution in [3.05, 3.63) is 65.5 Å². The molecular formula is C17H19N2O2+. The third kappa shape index (κ3) is 2.54. The first-order valence-corrected chi connectivity index (χ1v) is 7.14. The Bertz CT molecular complexity index is 655. The van der Waals surface area contributed by atoms with Gasteiger partial charge >= 0.3 is 0 Å². The monoisotopic (exact) mass is 283 g/mol. The van der Waals surface area contributed by atoms with Gasteiger partial charge in [-0.3, -0.25) is 4.79 Å². The Balaban J connectivity index is 1.84. The van der Waals surface area contributed by atoms with Crippen LogP contribution in [-0.2, 0) is 20.0 Å². The number of aliphatic hydroxyl groups excluding tert-OH is 1. The molecule has 0 bridgehead atoms. The zero-order valence-corrected chi connectivity index (χ0v) is 12.1. The van der Waals surface area contributed by atoms with Gasteiger partial charge < -0.3 is 10.0 Å². The fourth-order valence-corrected chi connectivity index (χ4v) is 2.88. The van der Waals surface area contributed by atoms with Crippen LogP contribution in [0.15, 0.2) is 48.7 Å². The molecule has 1 amide bonds. The second-order valence-electron chi connectivity index (χ2n) is 5.44. The van der Waals surface area contributed by atoms with Crippen LogP contribution in [0.1, 0.15) is 21.6 Å². The van der Waals surface area contributed by atoms with Crippen LogP contribution in [0.5, 0.6) is 0 Å². The Morgan fingerprint density at radius 3 is 2.67 bits per heavy atom. The Morgan fingerprint density at radius 1 is 1.24 bits per heavy atom. The standard InChI is InChI=1S/C17H19N2O2/c1-18-9-5-8-15-16(18)11-19(17(15)21)14(12-20)10-13-6-3-2-4-7-13/h2-9,14,20H,10-12H2,1H3/q+1/t14-/m0/s1. The molecule has 4 nitrogen and oxygen atoms in total. The normalized spacial score (nSPS) is 15.1. The number of rotatable bonds is 4. The molecule has 0 spiro atoms. The molecule has 0 saturated heterocycles. The molecule has 0 fully saturated rings. The number of hydrogen-bond donors (Lipinski definition) is 1. The maximum absolute atomic E-state index is 12.5. The number of carbonyl (C=O) groups excluding carboxylic acids is 1. The van der Waals surface area contributed by atoms with Crippen molar-refractivity contribution >= 4 is 5.91 Å². The molecule has 2 aromatic rings. The highest BCUT2D eigenvalue weighted by atomic mass is 16.3. The van der Waals surface area contributed by atoms with E-state index >= 15 is 0 Å². The number of aliphatic hydroxyl groups is 1. The molecule has 0 radical (unpaired) electrons. The van der Waals surface area contributed by atoms with E-state index in [0.717, 1.165) is 16.8 Å². The van der Waals surface area contributed by atoms with E-state index < -0.39 is 0 Å². The van der Waals surface area contributed by atoms with E-state index in [-0.39, 0.29) is 18.6 Å². The summed E-state index contributed by atoms with van der Waals surface area (Å²) in [6.07, 6.45) is 2.61. The van der Waals surface area contributed by atoms with E-state index in [1.165, 1.54) is 0 Å². The fourth-order valence-electron chi connectivity index (χ4n) is 2.88. The van der Waals surface area contributed by atoms with Crippen LogP contribution in [0.25, 0.3) is 0 Å². The third-order valence-corrected chi connectivity index (χ3v) is 4.09. The van der Waals surface area contributed by atoms with Gasteiger partial charge in [-0.25, -0.2) is 4.57 Å². The van der Waals surface area contributed by atoms with Gasteiger partial charge in [0.15, 0.2) is 6.20 Å². The average molecular weight is 283 g/mol. The Labute approximate surface area is 124 Å². The van der Waals surface area contributed by atoms with Crippen LogP contribution in [-0.4, -0.2) is 28.6 Å². The van der Waals surface area contributed by atoms with Crippen LogP contribution >= 0.6 is 0 Å². The number of pyridine rings is 1. The second kappa shape index (κ2) is 5.66. The molecule has 0 unspecified atom stereocenters. The molecule has 1 atom stereocenters. The zero-order valence-electron chi connectivity index (χ0n) is 12.1. The quantitative estimate of drug-likeness (QED) is 0.853. The molecule has 1 aliphatic heterocycles. The van der Waals surface area contributed by atoms with E-state index in [2.05, 4.69) is 0 Å². The average Bonchev–Trinajstić information content (AvgIpc) is 2.85. The number of aryl methyl sites for hydroxylation is 1. The van der Waals surface area contributed by atoms with Crippen molar-refractivity contribution in [2.45, 2.75) is 19.0 Å². The summed E-state index contributed by atoms with van der Waals surface area (Å²) < 4.78 is 1.98. The molecule has 2 heterocycles. The molecule has 3 rings (SSSR count). The van der Waals surface area contributed by atoms with Crippen LogP contribution in [0.4, 0.5) is 0 Å². The first kappa shape index (κ1) is 13.8. The van der Waals surface area contributed by atoms with Gasteiger partial charge in [-0.2, -0.15) is 0 Å². The van der Waals surface area contributed by atoms with Gasteiger partial charge in [0, 0.05) is 6.07 Å². The molecule has 4 heteroatoms. The summed E-state index contributed by atoms with van der Waals surface area (Å²) in [5.41, 5.74) is 2.88. The van der Waals surface area contributed by atoms with Gasteiger partial charge in [-0.15, -0.1) is 0 Å². The molecule has 1 aliphatic rings. The Hall–Kier alpha value is -2.20. The van der Waals surface area contributed by atoms with Crippen molar-refractivity contribution in [3.8, 4) is 0 Å². The summed E-state index contributed by atoms with van der Waals surface area (Å²) in [6, 6.07) is 13.5. The summed E-state index contributed by atoms with van der Waals surface area (Å²) in [5.74, 6) is 0.0104. The minimum atomic E-state index is -0.188. The highest BCUT2D eigenvalue weighted by molar-refractivity contribution is 5.97. The van der Waals surface area contributed by atoms with E-state index in [9.17, 15) is 9.90 Å². The molecule has 21 heavy (non-hydrogen) atoms. The molecule has 1 aromatic carbocycles. The van der Waals surface area contributed by atoms with Gasteiger partial charge in [0.25, 0.3) is 5.91 Å². The molecule has 1 N–H and O–H groups in total. The van der Waals surface area contributed by atoms with Gasteiger partial charge in [-0.05, 0) is 18.1 Å². The van der Waals surface area contributed by atoms with Crippen molar-refractivity contribution < 1.29 is 14.5 Å². The number of hydrogen-bond acceptors (Lipinski definition) is 2. The van der Waals surface area contributed by atoms with E-state index in [1.807, 2.05) is 60.3 Å². The predicted octanol–water partition coefficient (Wildman–Crippen LogP) is 1.07. The number of benzene rings is 1. The summed E-state index contributed by atoms with van der Waals surface area (Å²) in [5, 5.41) is 9.71. The minimum Gasteiger partial charge on any atom is -0.394 e. The van der Waals surface area contributed by atoms with Crippen LogP contribution in [0, 0.1) is 0 Å². The maximum Gasteiger partial charge on any atom is 0.261 e. The van der Waals surface area contributed by atoms with Crippen LogP contribution in [0.3, 0.4) is 0 Å². The number of nitrogens with zero attached hydrogens (tertiary/aromatic N) is 2. The van der Waals surface area contributed by atoms with Gasteiger partial charge in [-0.1, -0.05) is 30.3 Å². The van der Waals surface area contributed by atoms with Crippen LogP contribution < -0.4 is 4.57 Å². The van der Waals surface area contributed by atoms with Crippen molar-refractivity contribution in [1.29, 1.82) is 0 Å². The number of aromatic nitrogens is 1. The first-order valence-electron chi connectivity index (χ1n) is 7.14. The third-order valence-electron chi connectivity index (χ3n) is 4.09. The summed E-state index contributed by atoms with van der Waals surface area (Å²) >= 11 is 0. The largest absolute Gasteiger partial charge is 0.394 e. The number of fused-ring (bicyclic) bond motifs is 1. The van der Waals surface area contributed by atoms with E-state index in [1.54, 1.807) is 4.90 Å². The smallest absolute Gasteiger partial charge is 0.261 e. The lowest BCUT2D eigenvalue weighted by Gasteiger charge is -2.25. The molecule has 0 saturated carbocycles. The van der Waals surface area contributed by atoms with Gasteiger partial charge in [0.2, 0.25) is 5.69 Å². The molecule has 108 valence electrons. The summed E-state index contributed by atoms with van der Waals surface area (Å²) in [4.78, 5) is 14.3. The topological polar surface area (TPSA) is 44.4 Å². The first-order chi connectivity index (χ1) is 10.2.